The van der Waals surface area contributed by atoms with Crippen molar-refractivity contribution in [3.63, 3.8) is 0 Å². The number of carbonyl (C=O) groups excluding carboxylic acids is 1. The van der Waals surface area contributed by atoms with Gasteiger partial charge in [-0.25, -0.2) is 4.79 Å². The van der Waals surface area contributed by atoms with Crippen LogP contribution in [0.2, 0.25) is 5.02 Å². The lowest BCUT2D eigenvalue weighted by molar-refractivity contribution is 0.256. The number of fused-ring (bicyclic) bond motifs is 1. The van der Waals surface area contributed by atoms with Gasteiger partial charge in [0.15, 0.2) is 0 Å². The van der Waals surface area contributed by atoms with Gasteiger partial charge < -0.3 is 10.1 Å². The Bertz CT molecular complexity index is 1040. The zero-order chi connectivity index (χ0) is 20.9. The summed E-state index contributed by atoms with van der Waals surface area (Å²) in [4.78, 5) is 14.9. The van der Waals surface area contributed by atoms with Crippen molar-refractivity contribution < 1.29 is 9.53 Å². The molecule has 3 aromatic rings. The van der Waals surface area contributed by atoms with E-state index in [4.69, 9.17) is 16.3 Å². The topological polar surface area (TPSA) is 72.3 Å². The van der Waals surface area contributed by atoms with Crippen LogP contribution in [0, 0.1) is 0 Å². The summed E-state index contributed by atoms with van der Waals surface area (Å²) in [7, 11) is 1.62. The molecule has 2 heterocycles. The summed E-state index contributed by atoms with van der Waals surface area (Å²) in [5, 5.41) is 12.1. The van der Waals surface area contributed by atoms with E-state index in [9.17, 15) is 4.79 Å². The lowest BCUT2D eigenvalue weighted by atomic mass is 10.2. The number of nitrogens with zero attached hydrogens (tertiary/aromatic N) is 4. The Kier molecular flexibility index (Phi) is 6.18. The van der Waals surface area contributed by atoms with E-state index in [1.807, 2.05) is 36.4 Å². The number of hydrogen-bond acceptors (Lipinski definition) is 4. The first kappa shape index (κ1) is 20.2. The molecule has 1 aliphatic heterocycles. The van der Waals surface area contributed by atoms with Crippen molar-refractivity contribution in [1.29, 1.82) is 0 Å². The van der Waals surface area contributed by atoms with E-state index in [-0.39, 0.29) is 6.03 Å². The number of carbonyl (C=O) groups is 1. The van der Waals surface area contributed by atoms with Gasteiger partial charge in [-0.15, -0.1) is 10.2 Å². The van der Waals surface area contributed by atoms with Crippen molar-refractivity contribution in [1.82, 2.24) is 14.8 Å². The van der Waals surface area contributed by atoms with E-state index in [0.29, 0.717) is 23.2 Å². The summed E-state index contributed by atoms with van der Waals surface area (Å²) in [5.41, 5.74) is 1.48. The molecule has 2 amide bonds. The average Bonchev–Trinajstić information content (AvgIpc) is 3.01. The zero-order valence-corrected chi connectivity index (χ0v) is 17.6. The molecule has 30 heavy (non-hydrogen) atoms. The van der Waals surface area contributed by atoms with Crippen LogP contribution in [0.4, 0.5) is 16.4 Å². The lowest BCUT2D eigenvalue weighted by Crippen LogP contribution is -2.36. The molecular formula is C22H24ClN5O2. The Morgan fingerprint density at radius 1 is 1.17 bits per heavy atom. The minimum atomic E-state index is -0.314. The summed E-state index contributed by atoms with van der Waals surface area (Å²) in [6.07, 6.45) is 4.13. The van der Waals surface area contributed by atoms with E-state index in [2.05, 4.69) is 20.1 Å². The molecule has 0 atom stereocenters. The number of nitrogens with one attached hydrogen (secondary N) is 1. The molecule has 156 valence electrons. The molecule has 8 heteroatoms. The molecule has 0 spiro atoms. The highest BCUT2D eigenvalue weighted by atomic mass is 35.5. The number of methoxy groups -OCH3 is 1. The van der Waals surface area contributed by atoms with Gasteiger partial charge in [0.25, 0.3) is 0 Å². The van der Waals surface area contributed by atoms with Gasteiger partial charge in [-0.3, -0.25) is 9.47 Å². The smallest absolute Gasteiger partial charge is 0.329 e. The Hall–Kier alpha value is -3.06. The van der Waals surface area contributed by atoms with Gasteiger partial charge >= 0.3 is 6.03 Å². The van der Waals surface area contributed by atoms with E-state index in [0.717, 1.165) is 49.4 Å². The van der Waals surface area contributed by atoms with Crippen LogP contribution >= 0.6 is 11.6 Å². The van der Waals surface area contributed by atoms with Crippen molar-refractivity contribution in [2.75, 3.05) is 17.3 Å². The third-order valence-corrected chi connectivity index (χ3v) is 5.50. The Balaban J connectivity index is 1.68. The number of ether oxygens (including phenoxy) is 1. The van der Waals surface area contributed by atoms with Gasteiger partial charge in [-0.05, 0) is 42.7 Å². The van der Waals surface area contributed by atoms with Crippen molar-refractivity contribution >= 4 is 29.3 Å². The fraction of sp³-hybridized carbons (Fsp3) is 0.318. The number of amides is 2. The highest BCUT2D eigenvalue weighted by Crippen LogP contribution is 2.26. The van der Waals surface area contributed by atoms with Crippen molar-refractivity contribution in [3.8, 4) is 5.75 Å². The molecule has 0 radical (unpaired) electrons. The number of rotatable bonds is 5. The van der Waals surface area contributed by atoms with Crippen LogP contribution in [-0.4, -0.2) is 27.9 Å². The van der Waals surface area contributed by atoms with E-state index < -0.39 is 0 Å². The summed E-state index contributed by atoms with van der Waals surface area (Å²) < 4.78 is 7.39. The molecule has 0 saturated carbocycles. The minimum Gasteiger partial charge on any atom is -0.497 e. The van der Waals surface area contributed by atoms with Gasteiger partial charge in [0.1, 0.15) is 11.6 Å². The van der Waals surface area contributed by atoms with E-state index in [1.54, 1.807) is 24.1 Å². The molecule has 0 fully saturated rings. The first-order valence-electron chi connectivity index (χ1n) is 10.0. The fourth-order valence-electron chi connectivity index (χ4n) is 3.60. The normalized spacial score (nSPS) is 13.3. The molecule has 0 aliphatic carbocycles. The number of benzene rings is 2. The van der Waals surface area contributed by atoms with Crippen LogP contribution in [0.5, 0.6) is 5.75 Å². The quantitative estimate of drug-likeness (QED) is 0.630. The first-order valence-corrected chi connectivity index (χ1v) is 10.4. The molecule has 0 bridgehead atoms. The molecular weight excluding hydrogens is 402 g/mol. The van der Waals surface area contributed by atoms with Gasteiger partial charge in [-0.2, -0.15) is 0 Å². The van der Waals surface area contributed by atoms with Crippen molar-refractivity contribution in [3.05, 3.63) is 64.9 Å². The Morgan fingerprint density at radius 2 is 2.03 bits per heavy atom. The third kappa shape index (κ3) is 4.41. The summed E-state index contributed by atoms with van der Waals surface area (Å²) in [6.45, 7) is 1.12. The number of para-hydroxylation sites is 1. The van der Waals surface area contributed by atoms with Crippen molar-refractivity contribution in [2.24, 2.45) is 0 Å². The predicted molar refractivity (Wildman–Crippen MR) is 117 cm³/mol. The molecule has 7 nitrogen and oxygen atoms in total. The summed E-state index contributed by atoms with van der Waals surface area (Å²) in [6, 6.07) is 14.5. The number of anilines is 2. The van der Waals surface area contributed by atoms with Gasteiger partial charge in [0, 0.05) is 13.0 Å². The standard InChI is InChI=1S/C22H24ClN5O2/c1-30-17-9-7-8-16(14-17)15-28(22(29)24-19-11-5-4-10-18(19)23)21-26-25-20-12-3-2-6-13-27(20)21/h4-5,7-11,14H,2-3,6,12-13,15H2,1H3,(H,24,29). The second-order valence-corrected chi connectivity index (χ2v) is 7.63. The average molecular weight is 426 g/mol. The highest BCUT2D eigenvalue weighted by Gasteiger charge is 2.25. The molecule has 2 aromatic carbocycles. The maximum absolute atomic E-state index is 13.3. The van der Waals surface area contributed by atoms with Crippen LogP contribution < -0.4 is 15.0 Å². The largest absolute Gasteiger partial charge is 0.497 e. The molecule has 0 unspecified atom stereocenters. The molecule has 1 aromatic heterocycles. The molecule has 0 saturated heterocycles. The zero-order valence-electron chi connectivity index (χ0n) is 16.8. The Labute approximate surface area is 180 Å². The maximum atomic E-state index is 13.3. The van der Waals surface area contributed by atoms with Gasteiger partial charge in [0.05, 0.1) is 24.4 Å². The fourth-order valence-corrected chi connectivity index (χ4v) is 3.78. The number of aryl methyl sites for hydroxylation is 1. The summed E-state index contributed by atoms with van der Waals surface area (Å²) in [5.74, 6) is 2.20. The molecule has 1 aliphatic rings. The predicted octanol–water partition coefficient (Wildman–Crippen LogP) is 4.91. The van der Waals surface area contributed by atoms with Gasteiger partial charge in [-0.1, -0.05) is 42.3 Å². The summed E-state index contributed by atoms with van der Waals surface area (Å²) >= 11 is 6.25. The van der Waals surface area contributed by atoms with E-state index in [1.165, 1.54) is 0 Å². The molecule has 4 rings (SSSR count). The first-order chi connectivity index (χ1) is 14.7. The van der Waals surface area contributed by atoms with Crippen LogP contribution in [0.15, 0.2) is 48.5 Å². The number of hydrogen-bond donors (Lipinski definition) is 1. The number of aromatic nitrogens is 3. The minimum absolute atomic E-state index is 0.314. The number of halogens is 1. The van der Waals surface area contributed by atoms with E-state index >= 15 is 0 Å². The maximum Gasteiger partial charge on any atom is 0.329 e. The molecule has 1 N–H and O–H groups in total. The van der Waals surface area contributed by atoms with Crippen LogP contribution in [-0.2, 0) is 19.5 Å². The van der Waals surface area contributed by atoms with Gasteiger partial charge in [0.2, 0.25) is 5.95 Å². The highest BCUT2D eigenvalue weighted by molar-refractivity contribution is 6.33. The van der Waals surface area contributed by atoms with Crippen molar-refractivity contribution in [2.45, 2.75) is 38.8 Å². The SMILES string of the molecule is COc1cccc(CN(C(=O)Nc2ccccc2Cl)c2nnc3n2CCCCC3)c1. The Morgan fingerprint density at radius 3 is 2.87 bits per heavy atom. The lowest BCUT2D eigenvalue weighted by Gasteiger charge is -2.23. The second kappa shape index (κ2) is 9.17. The second-order valence-electron chi connectivity index (χ2n) is 7.23. The number of urea groups is 1. The third-order valence-electron chi connectivity index (χ3n) is 5.17. The van der Waals surface area contributed by atoms with Crippen LogP contribution in [0.25, 0.3) is 0 Å². The van der Waals surface area contributed by atoms with Crippen LogP contribution in [0.1, 0.15) is 30.7 Å². The van der Waals surface area contributed by atoms with Crippen LogP contribution in [0.3, 0.4) is 0 Å². The monoisotopic (exact) mass is 425 g/mol.